The first-order valence-corrected chi connectivity index (χ1v) is 9.01. The summed E-state index contributed by atoms with van der Waals surface area (Å²) in [6, 6.07) is 11.3. The molecule has 0 aliphatic rings. The molecule has 0 aliphatic carbocycles. The summed E-state index contributed by atoms with van der Waals surface area (Å²) in [6.45, 7) is 2.89. The molecule has 0 aliphatic heterocycles. The third-order valence-corrected chi connectivity index (χ3v) is 6.03. The number of hydrogen-bond donors (Lipinski definition) is 1. The Hall–Kier alpha value is -1.21. The first-order valence-electron chi connectivity index (χ1n) is 6.69. The average molecular weight is 324 g/mol. The zero-order chi connectivity index (χ0) is 15.5. The van der Waals surface area contributed by atoms with Gasteiger partial charge in [0, 0.05) is 31.6 Å². The molecule has 21 heavy (non-hydrogen) atoms. The minimum Gasteiger partial charge on any atom is -0.305 e. The van der Waals surface area contributed by atoms with Crippen LogP contribution < -0.4 is 5.32 Å². The minimum atomic E-state index is -3.35. The maximum Gasteiger partial charge on any atom is 0.242 e. The molecule has 1 aromatic heterocycles. The van der Waals surface area contributed by atoms with E-state index < -0.39 is 10.0 Å². The van der Waals surface area contributed by atoms with Crippen molar-refractivity contribution in [3.8, 4) is 0 Å². The summed E-state index contributed by atoms with van der Waals surface area (Å²) < 4.78 is 25.2. The Balaban J connectivity index is 2.05. The molecule has 0 saturated heterocycles. The monoisotopic (exact) mass is 324 g/mol. The number of hydrogen-bond acceptors (Lipinski definition) is 4. The van der Waals surface area contributed by atoms with E-state index in [1.54, 1.807) is 23.5 Å². The Morgan fingerprint density at radius 2 is 1.86 bits per heavy atom. The van der Waals surface area contributed by atoms with Crippen molar-refractivity contribution in [1.29, 1.82) is 0 Å². The predicted molar refractivity (Wildman–Crippen MR) is 86.9 cm³/mol. The highest BCUT2D eigenvalue weighted by atomic mass is 32.2. The van der Waals surface area contributed by atoms with Crippen molar-refractivity contribution in [3.05, 3.63) is 52.2 Å². The van der Waals surface area contributed by atoms with Crippen LogP contribution in [0.3, 0.4) is 0 Å². The van der Waals surface area contributed by atoms with Gasteiger partial charge in [0.15, 0.2) is 0 Å². The largest absolute Gasteiger partial charge is 0.305 e. The summed E-state index contributed by atoms with van der Waals surface area (Å²) in [5.41, 5.74) is 1.07. The van der Waals surface area contributed by atoms with Gasteiger partial charge in [-0.05, 0) is 36.1 Å². The van der Waals surface area contributed by atoms with Crippen molar-refractivity contribution >= 4 is 21.4 Å². The summed E-state index contributed by atoms with van der Waals surface area (Å²) in [6.07, 6.45) is 0. The summed E-state index contributed by atoms with van der Waals surface area (Å²) in [5.74, 6) is 0. The van der Waals surface area contributed by atoms with E-state index in [0.29, 0.717) is 4.90 Å². The Morgan fingerprint density at radius 1 is 1.19 bits per heavy atom. The van der Waals surface area contributed by atoms with Crippen molar-refractivity contribution in [2.45, 2.75) is 24.4 Å². The first-order chi connectivity index (χ1) is 9.91. The first kappa shape index (κ1) is 16.2. The molecule has 1 unspecified atom stereocenters. The van der Waals surface area contributed by atoms with Crippen LogP contribution in [0.25, 0.3) is 0 Å². The Bertz CT molecular complexity index is 662. The van der Waals surface area contributed by atoms with Crippen molar-refractivity contribution in [2.24, 2.45) is 0 Å². The topological polar surface area (TPSA) is 49.4 Å². The van der Waals surface area contributed by atoms with Gasteiger partial charge in [-0.15, -0.1) is 11.3 Å². The lowest BCUT2D eigenvalue weighted by atomic mass is 10.1. The number of nitrogens with zero attached hydrogens (tertiary/aromatic N) is 1. The fraction of sp³-hybridized carbons (Fsp3) is 0.333. The molecule has 114 valence electrons. The fourth-order valence-electron chi connectivity index (χ4n) is 1.92. The van der Waals surface area contributed by atoms with E-state index >= 15 is 0 Å². The number of sulfonamides is 1. The smallest absolute Gasteiger partial charge is 0.242 e. The van der Waals surface area contributed by atoms with Crippen LogP contribution in [-0.4, -0.2) is 26.8 Å². The Morgan fingerprint density at radius 3 is 2.38 bits per heavy atom. The van der Waals surface area contributed by atoms with E-state index in [1.807, 2.05) is 18.2 Å². The molecule has 0 bridgehead atoms. The lowest BCUT2D eigenvalue weighted by Gasteiger charge is -2.15. The van der Waals surface area contributed by atoms with Crippen molar-refractivity contribution in [1.82, 2.24) is 9.62 Å². The van der Waals surface area contributed by atoms with E-state index in [1.165, 1.54) is 23.3 Å². The van der Waals surface area contributed by atoms with Crippen LogP contribution in [0.5, 0.6) is 0 Å². The van der Waals surface area contributed by atoms with Crippen LogP contribution in [0.1, 0.15) is 23.4 Å². The molecule has 0 saturated carbocycles. The highest BCUT2D eigenvalue weighted by Crippen LogP contribution is 2.19. The van der Waals surface area contributed by atoms with Gasteiger partial charge in [-0.3, -0.25) is 0 Å². The molecule has 0 fully saturated rings. The SMILES string of the molecule is CC(NCc1cccs1)c1ccc(S(=O)(=O)N(C)C)cc1. The van der Waals surface area contributed by atoms with Crippen molar-refractivity contribution in [2.75, 3.05) is 14.1 Å². The van der Waals surface area contributed by atoms with Gasteiger partial charge in [-0.25, -0.2) is 12.7 Å². The van der Waals surface area contributed by atoms with Gasteiger partial charge in [0.25, 0.3) is 0 Å². The summed E-state index contributed by atoms with van der Waals surface area (Å²) in [5, 5.41) is 5.49. The van der Waals surface area contributed by atoms with Crippen LogP contribution >= 0.6 is 11.3 Å². The molecule has 2 aromatic rings. The Kier molecular flexibility index (Phi) is 5.16. The average Bonchev–Trinajstić information content (AvgIpc) is 2.98. The normalized spacial score (nSPS) is 13.5. The molecule has 2 rings (SSSR count). The predicted octanol–water partition coefficient (Wildman–Crippen LogP) is 2.85. The standard InChI is InChI=1S/C15H20N2O2S2/c1-12(16-11-14-5-4-10-20-14)13-6-8-15(9-7-13)21(18,19)17(2)3/h4-10,12,16H,11H2,1-3H3. The molecule has 4 nitrogen and oxygen atoms in total. The van der Waals surface area contributed by atoms with E-state index in [9.17, 15) is 8.42 Å². The third-order valence-electron chi connectivity index (χ3n) is 3.32. The van der Waals surface area contributed by atoms with E-state index in [0.717, 1.165) is 12.1 Å². The molecule has 0 spiro atoms. The van der Waals surface area contributed by atoms with Gasteiger partial charge in [-0.2, -0.15) is 0 Å². The van der Waals surface area contributed by atoms with Crippen LogP contribution in [0.2, 0.25) is 0 Å². The highest BCUT2D eigenvalue weighted by Gasteiger charge is 2.17. The zero-order valence-electron chi connectivity index (χ0n) is 12.4. The van der Waals surface area contributed by atoms with Crippen LogP contribution in [-0.2, 0) is 16.6 Å². The fourth-order valence-corrected chi connectivity index (χ4v) is 3.48. The van der Waals surface area contributed by atoms with E-state index in [4.69, 9.17) is 0 Å². The summed E-state index contributed by atoms with van der Waals surface area (Å²) in [7, 11) is -0.280. The lowest BCUT2D eigenvalue weighted by Crippen LogP contribution is -2.22. The molecule has 1 N–H and O–H groups in total. The summed E-state index contributed by atoms with van der Waals surface area (Å²) in [4.78, 5) is 1.61. The maximum atomic E-state index is 12.0. The van der Waals surface area contributed by atoms with Gasteiger partial charge in [0.05, 0.1) is 4.90 Å². The molecule has 0 amide bonds. The minimum absolute atomic E-state index is 0.170. The van der Waals surface area contributed by atoms with Crippen molar-refractivity contribution in [3.63, 3.8) is 0 Å². The number of rotatable bonds is 6. The molecule has 1 aromatic carbocycles. The van der Waals surface area contributed by atoms with Gasteiger partial charge < -0.3 is 5.32 Å². The van der Waals surface area contributed by atoms with Gasteiger partial charge >= 0.3 is 0 Å². The second-order valence-corrected chi connectivity index (χ2v) is 8.22. The molecule has 1 atom stereocenters. The van der Waals surface area contributed by atoms with Crippen LogP contribution in [0, 0.1) is 0 Å². The van der Waals surface area contributed by atoms with Crippen molar-refractivity contribution < 1.29 is 8.42 Å². The maximum absolute atomic E-state index is 12.0. The van der Waals surface area contributed by atoms with E-state index in [-0.39, 0.29) is 6.04 Å². The zero-order valence-corrected chi connectivity index (χ0v) is 14.0. The lowest BCUT2D eigenvalue weighted by molar-refractivity contribution is 0.520. The van der Waals surface area contributed by atoms with Gasteiger partial charge in [0.2, 0.25) is 10.0 Å². The molecule has 6 heteroatoms. The van der Waals surface area contributed by atoms with E-state index in [2.05, 4.69) is 23.7 Å². The highest BCUT2D eigenvalue weighted by molar-refractivity contribution is 7.89. The molecule has 1 heterocycles. The molecular formula is C15H20N2O2S2. The van der Waals surface area contributed by atoms with Crippen LogP contribution in [0.15, 0.2) is 46.7 Å². The van der Waals surface area contributed by atoms with Crippen LogP contribution in [0.4, 0.5) is 0 Å². The number of benzene rings is 1. The van der Waals surface area contributed by atoms with Gasteiger partial charge in [0.1, 0.15) is 0 Å². The van der Waals surface area contributed by atoms with Gasteiger partial charge in [-0.1, -0.05) is 18.2 Å². The number of thiophene rings is 1. The second-order valence-electron chi connectivity index (χ2n) is 5.04. The third kappa shape index (κ3) is 3.91. The number of nitrogens with one attached hydrogen (secondary N) is 1. The quantitative estimate of drug-likeness (QED) is 0.889. The Labute approximate surface area is 130 Å². The summed E-state index contributed by atoms with van der Waals surface area (Å²) >= 11 is 1.72. The second kappa shape index (κ2) is 6.70. The molecular weight excluding hydrogens is 304 g/mol. The molecule has 0 radical (unpaired) electrons.